The van der Waals surface area contributed by atoms with Crippen LogP contribution in [-0.4, -0.2) is 56.7 Å². The van der Waals surface area contributed by atoms with Crippen molar-refractivity contribution in [2.75, 3.05) is 7.11 Å². The zero-order valence-corrected chi connectivity index (χ0v) is 24.8. The van der Waals surface area contributed by atoms with Crippen LogP contribution < -0.4 is 0 Å². The van der Waals surface area contributed by atoms with E-state index in [1.54, 1.807) is 13.0 Å². The Balaban J connectivity index is 2.91. The SMILES string of the molecule is C=C(/C=C/[C@@H](O)[C@@H](C)C(=C)C)C[C@H]1O[C@@H]1[C@@H](CC(=C)[C@H](C)C(=O)CC(=O)OC)O[Si](C)(C)C(C)(C)C. The van der Waals surface area contributed by atoms with Gasteiger partial charge in [-0.2, -0.15) is 0 Å². The molecule has 0 bridgehead atoms. The first-order valence-corrected chi connectivity index (χ1v) is 15.6. The number of ether oxygens (including phenoxy) is 2. The topological polar surface area (TPSA) is 85.4 Å². The molecule has 1 heterocycles. The molecule has 204 valence electrons. The van der Waals surface area contributed by atoms with Gasteiger partial charge in [-0.25, -0.2) is 0 Å². The van der Waals surface area contributed by atoms with E-state index in [9.17, 15) is 14.7 Å². The Morgan fingerprint density at radius 2 is 1.75 bits per heavy atom. The minimum absolute atomic E-state index is 0.00569. The molecule has 36 heavy (non-hydrogen) atoms. The lowest BCUT2D eigenvalue weighted by molar-refractivity contribution is -0.143. The zero-order chi connectivity index (χ0) is 28.0. The van der Waals surface area contributed by atoms with Gasteiger partial charge in [0.1, 0.15) is 12.5 Å². The summed E-state index contributed by atoms with van der Waals surface area (Å²) in [4.78, 5) is 24.1. The van der Waals surface area contributed by atoms with Gasteiger partial charge < -0.3 is 19.0 Å². The van der Waals surface area contributed by atoms with E-state index in [4.69, 9.17) is 9.16 Å². The van der Waals surface area contributed by atoms with Crippen LogP contribution in [0.15, 0.2) is 48.6 Å². The quantitative estimate of drug-likeness (QED) is 0.0719. The number of hydrogen-bond acceptors (Lipinski definition) is 6. The molecule has 1 rings (SSSR count). The Morgan fingerprint density at radius 1 is 1.17 bits per heavy atom. The van der Waals surface area contributed by atoms with E-state index in [1.807, 2.05) is 19.9 Å². The number of rotatable bonds is 15. The molecule has 0 saturated carbocycles. The number of Topliss-reactive ketones (excluding diaryl/α,β-unsaturated/α-hetero) is 1. The Morgan fingerprint density at radius 3 is 2.25 bits per heavy atom. The molecule has 0 radical (unpaired) electrons. The minimum Gasteiger partial charge on any atom is -0.469 e. The van der Waals surface area contributed by atoms with Crippen molar-refractivity contribution in [2.45, 2.75) is 103 Å². The molecule has 7 heteroatoms. The van der Waals surface area contributed by atoms with E-state index in [2.05, 4.69) is 58.3 Å². The Hall–Kier alpha value is -1.80. The molecule has 0 spiro atoms. The van der Waals surface area contributed by atoms with Crippen LogP contribution in [0.1, 0.15) is 60.8 Å². The smallest absolute Gasteiger partial charge is 0.313 e. The molecular formula is C29H48O6Si. The number of epoxide rings is 1. The first kappa shape index (κ1) is 32.2. The van der Waals surface area contributed by atoms with Crippen molar-refractivity contribution in [3.63, 3.8) is 0 Å². The van der Waals surface area contributed by atoms with E-state index < -0.39 is 26.3 Å². The average Bonchev–Trinajstić information content (AvgIpc) is 3.53. The van der Waals surface area contributed by atoms with E-state index in [0.29, 0.717) is 12.8 Å². The van der Waals surface area contributed by atoms with Crippen molar-refractivity contribution in [1.29, 1.82) is 0 Å². The summed E-state index contributed by atoms with van der Waals surface area (Å²) < 4.78 is 17.4. The third kappa shape index (κ3) is 9.58. The maximum Gasteiger partial charge on any atom is 0.313 e. The van der Waals surface area contributed by atoms with Crippen LogP contribution in [0.3, 0.4) is 0 Å². The fourth-order valence-corrected chi connectivity index (χ4v) is 4.81. The Bertz CT molecular complexity index is 865. The highest BCUT2D eigenvalue weighted by Gasteiger charge is 2.49. The van der Waals surface area contributed by atoms with E-state index in [-0.39, 0.29) is 41.5 Å². The highest BCUT2D eigenvalue weighted by molar-refractivity contribution is 6.74. The molecule has 1 aliphatic rings. The van der Waals surface area contributed by atoms with Crippen molar-refractivity contribution in [3.8, 4) is 0 Å². The van der Waals surface area contributed by atoms with Gasteiger partial charge in [-0.15, -0.1) is 0 Å². The number of methoxy groups -OCH3 is 1. The van der Waals surface area contributed by atoms with Crippen molar-refractivity contribution >= 4 is 20.1 Å². The van der Waals surface area contributed by atoms with Gasteiger partial charge in [0.2, 0.25) is 0 Å². The van der Waals surface area contributed by atoms with Gasteiger partial charge in [-0.1, -0.05) is 83.2 Å². The van der Waals surface area contributed by atoms with Crippen LogP contribution in [-0.2, 0) is 23.5 Å². The summed E-state index contributed by atoms with van der Waals surface area (Å²) in [6.45, 7) is 28.7. The van der Waals surface area contributed by atoms with Crippen LogP contribution in [0.4, 0.5) is 0 Å². The second-order valence-corrected chi connectivity index (χ2v) is 16.5. The maximum atomic E-state index is 12.5. The summed E-state index contributed by atoms with van der Waals surface area (Å²) in [6.07, 6.45) is 3.37. The number of aliphatic hydroxyl groups excluding tert-OH is 1. The van der Waals surface area contributed by atoms with Crippen molar-refractivity contribution in [3.05, 3.63) is 48.6 Å². The molecule has 1 saturated heterocycles. The number of carbonyl (C=O) groups excluding carboxylic acids is 2. The second-order valence-electron chi connectivity index (χ2n) is 11.7. The summed E-state index contributed by atoms with van der Waals surface area (Å²) in [5.74, 6) is -1.28. The van der Waals surface area contributed by atoms with E-state index in [1.165, 1.54) is 7.11 Å². The third-order valence-corrected chi connectivity index (χ3v) is 12.1. The highest BCUT2D eigenvalue weighted by Crippen LogP contribution is 2.42. The Kier molecular flexibility index (Phi) is 11.8. The molecule has 6 atom stereocenters. The normalized spacial score (nSPS) is 21.4. The largest absolute Gasteiger partial charge is 0.469 e. The molecule has 0 aromatic rings. The van der Waals surface area contributed by atoms with Crippen molar-refractivity contribution in [2.24, 2.45) is 11.8 Å². The minimum atomic E-state index is -2.13. The average molecular weight is 521 g/mol. The summed E-state index contributed by atoms with van der Waals surface area (Å²) >= 11 is 0. The first-order chi connectivity index (χ1) is 16.4. The van der Waals surface area contributed by atoms with Crippen LogP contribution in [0.2, 0.25) is 18.1 Å². The van der Waals surface area contributed by atoms with Crippen LogP contribution >= 0.6 is 0 Å². The number of allylic oxidation sites excluding steroid dienone is 1. The van der Waals surface area contributed by atoms with E-state index in [0.717, 1.165) is 16.7 Å². The fraction of sp³-hybridized carbons (Fsp3) is 0.655. The standard InChI is InChI=1S/C29H48O6Si/c1-18(2)21(5)23(30)14-13-19(3)15-25-28(34-25)26(35-36(11,12)29(7,8)9)16-20(4)22(6)24(31)17-27(32)33-10/h13-14,21-23,25-26,28,30H,1,3-4,15-17H2,2,5-12H3/b14-13+/t21-,22-,23+,25+,26+,28-/m0/s1. The second kappa shape index (κ2) is 13.1. The molecule has 0 aromatic carbocycles. The van der Waals surface area contributed by atoms with Gasteiger partial charge in [0.25, 0.3) is 0 Å². The lowest BCUT2D eigenvalue weighted by Crippen LogP contribution is -2.46. The molecule has 1 N–H and O–H groups in total. The third-order valence-electron chi connectivity index (χ3n) is 7.63. The predicted molar refractivity (Wildman–Crippen MR) is 148 cm³/mol. The predicted octanol–water partition coefficient (Wildman–Crippen LogP) is 5.93. The molecule has 0 amide bonds. The summed E-state index contributed by atoms with van der Waals surface area (Å²) in [6, 6.07) is 0. The number of esters is 1. The zero-order valence-electron chi connectivity index (χ0n) is 23.8. The van der Waals surface area contributed by atoms with E-state index >= 15 is 0 Å². The molecule has 1 fully saturated rings. The Labute approximate surface area is 219 Å². The first-order valence-electron chi connectivity index (χ1n) is 12.7. The number of aliphatic hydroxyl groups is 1. The maximum absolute atomic E-state index is 12.5. The highest BCUT2D eigenvalue weighted by atomic mass is 28.4. The molecule has 0 aromatic heterocycles. The molecule has 0 unspecified atom stereocenters. The summed E-state index contributed by atoms with van der Waals surface area (Å²) in [5.41, 5.74) is 2.51. The van der Waals surface area contributed by atoms with Gasteiger partial charge in [0.15, 0.2) is 14.1 Å². The van der Waals surface area contributed by atoms with Gasteiger partial charge in [-0.3, -0.25) is 9.59 Å². The van der Waals surface area contributed by atoms with Gasteiger partial charge >= 0.3 is 5.97 Å². The van der Waals surface area contributed by atoms with Crippen LogP contribution in [0.5, 0.6) is 0 Å². The van der Waals surface area contributed by atoms with Gasteiger partial charge in [0, 0.05) is 18.3 Å². The fourth-order valence-electron chi connectivity index (χ4n) is 3.48. The lowest BCUT2D eigenvalue weighted by Gasteiger charge is -2.39. The van der Waals surface area contributed by atoms with Gasteiger partial charge in [-0.05, 0) is 31.5 Å². The monoisotopic (exact) mass is 520 g/mol. The van der Waals surface area contributed by atoms with Crippen molar-refractivity contribution < 1.29 is 28.6 Å². The van der Waals surface area contributed by atoms with Crippen LogP contribution in [0, 0.1) is 11.8 Å². The van der Waals surface area contributed by atoms with Crippen molar-refractivity contribution in [1.82, 2.24) is 0 Å². The molecule has 0 aliphatic carbocycles. The molecule has 1 aliphatic heterocycles. The number of ketones is 1. The van der Waals surface area contributed by atoms with Gasteiger partial charge in [0.05, 0.1) is 25.4 Å². The molecular weight excluding hydrogens is 472 g/mol. The number of carbonyl (C=O) groups is 2. The molecule has 6 nitrogen and oxygen atoms in total. The lowest BCUT2D eigenvalue weighted by atomic mass is 9.90. The number of hydrogen-bond donors (Lipinski definition) is 1. The summed E-state index contributed by atoms with van der Waals surface area (Å²) in [5, 5.41) is 10.3. The summed E-state index contributed by atoms with van der Waals surface area (Å²) in [7, 11) is -0.861. The van der Waals surface area contributed by atoms with Crippen LogP contribution in [0.25, 0.3) is 0 Å².